The van der Waals surface area contributed by atoms with Gasteiger partial charge in [0.1, 0.15) is 6.04 Å². The molecule has 1 aliphatic carbocycles. The van der Waals surface area contributed by atoms with Crippen LogP contribution in [0.5, 0.6) is 0 Å². The minimum absolute atomic E-state index is 0.149. The molecule has 1 saturated heterocycles. The van der Waals surface area contributed by atoms with Crippen molar-refractivity contribution in [2.45, 2.75) is 31.7 Å². The summed E-state index contributed by atoms with van der Waals surface area (Å²) in [5.74, 6) is -0.942. The maximum atomic E-state index is 12.3. The summed E-state index contributed by atoms with van der Waals surface area (Å²) in [6, 6.07) is -0.601. The van der Waals surface area contributed by atoms with E-state index >= 15 is 0 Å². The molecule has 2 atom stereocenters. The smallest absolute Gasteiger partial charge is 0.328 e. The number of hydrogen-bond acceptors (Lipinski definition) is 5. The summed E-state index contributed by atoms with van der Waals surface area (Å²) in [6.07, 6.45) is 4.24. The van der Waals surface area contributed by atoms with Crippen LogP contribution in [0.2, 0.25) is 0 Å². The standard InChI is InChI=1S/C13H22N2O5S/c1-20-13(17)11(9-5-6-9)14-12(16)10-4-3-7-15(8-10)21(2,18)19/h9-11H,3-8H2,1-2H3,(H,14,16)/t10-,11+/m1/s1. The van der Waals surface area contributed by atoms with Gasteiger partial charge >= 0.3 is 5.97 Å². The summed E-state index contributed by atoms with van der Waals surface area (Å²) in [4.78, 5) is 24.0. The maximum Gasteiger partial charge on any atom is 0.328 e. The molecule has 0 spiro atoms. The molecule has 0 bridgehead atoms. The highest BCUT2D eigenvalue weighted by atomic mass is 32.2. The van der Waals surface area contributed by atoms with Crippen molar-refractivity contribution >= 4 is 21.9 Å². The highest BCUT2D eigenvalue weighted by Crippen LogP contribution is 2.33. The van der Waals surface area contributed by atoms with Gasteiger partial charge in [0.05, 0.1) is 19.3 Å². The van der Waals surface area contributed by atoms with Crippen molar-refractivity contribution in [3.05, 3.63) is 0 Å². The molecule has 0 aromatic heterocycles. The van der Waals surface area contributed by atoms with Crippen LogP contribution in [0.1, 0.15) is 25.7 Å². The number of amides is 1. The van der Waals surface area contributed by atoms with E-state index in [0.717, 1.165) is 19.1 Å². The number of piperidine rings is 1. The van der Waals surface area contributed by atoms with Gasteiger partial charge in [-0.15, -0.1) is 0 Å². The van der Waals surface area contributed by atoms with E-state index in [1.165, 1.54) is 11.4 Å². The van der Waals surface area contributed by atoms with Gasteiger partial charge in [-0.3, -0.25) is 4.79 Å². The third-order valence-electron chi connectivity index (χ3n) is 4.07. The van der Waals surface area contributed by atoms with Gasteiger partial charge < -0.3 is 10.1 Å². The quantitative estimate of drug-likeness (QED) is 0.704. The van der Waals surface area contributed by atoms with Crippen molar-refractivity contribution in [2.75, 3.05) is 26.5 Å². The zero-order valence-electron chi connectivity index (χ0n) is 12.4. The number of methoxy groups -OCH3 is 1. The first-order valence-electron chi connectivity index (χ1n) is 7.16. The van der Waals surface area contributed by atoms with Gasteiger partial charge in [0, 0.05) is 13.1 Å². The summed E-state index contributed by atoms with van der Waals surface area (Å²) in [5.41, 5.74) is 0. The Bertz CT molecular complexity index is 515. The number of ether oxygens (including phenoxy) is 1. The van der Waals surface area contributed by atoms with Crippen molar-refractivity contribution in [2.24, 2.45) is 11.8 Å². The number of carbonyl (C=O) groups is 2. The monoisotopic (exact) mass is 318 g/mol. The average molecular weight is 318 g/mol. The van der Waals surface area contributed by atoms with Gasteiger partial charge in [-0.2, -0.15) is 0 Å². The van der Waals surface area contributed by atoms with Crippen LogP contribution in [-0.4, -0.2) is 57.1 Å². The van der Waals surface area contributed by atoms with Crippen molar-refractivity contribution in [1.29, 1.82) is 0 Å². The van der Waals surface area contributed by atoms with Gasteiger partial charge in [0.15, 0.2) is 0 Å². The van der Waals surface area contributed by atoms with Crippen molar-refractivity contribution in [3.8, 4) is 0 Å². The number of sulfonamides is 1. The summed E-state index contributed by atoms with van der Waals surface area (Å²) >= 11 is 0. The molecule has 1 amide bonds. The van der Waals surface area contributed by atoms with Gasteiger partial charge in [-0.05, 0) is 31.6 Å². The zero-order chi connectivity index (χ0) is 15.6. The fourth-order valence-corrected chi connectivity index (χ4v) is 3.57. The second-order valence-corrected chi connectivity index (χ2v) is 7.79. The molecule has 0 aromatic carbocycles. The number of nitrogens with one attached hydrogen (secondary N) is 1. The predicted molar refractivity (Wildman–Crippen MR) is 75.8 cm³/mol. The van der Waals surface area contributed by atoms with Crippen LogP contribution in [0.15, 0.2) is 0 Å². The molecular formula is C13H22N2O5S. The SMILES string of the molecule is COC(=O)[C@@H](NC(=O)[C@@H]1CCCN(S(C)(=O)=O)C1)C1CC1. The Morgan fingerprint density at radius 2 is 1.95 bits per heavy atom. The van der Waals surface area contributed by atoms with Gasteiger partial charge in [0.2, 0.25) is 15.9 Å². The molecular weight excluding hydrogens is 296 g/mol. The lowest BCUT2D eigenvalue weighted by Gasteiger charge is -2.31. The van der Waals surface area contributed by atoms with Crippen LogP contribution >= 0.6 is 0 Å². The van der Waals surface area contributed by atoms with Crippen molar-refractivity contribution in [1.82, 2.24) is 9.62 Å². The molecule has 0 radical (unpaired) electrons. The van der Waals surface area contributed by atoms with Gasteiger partial charge in [0.25, 0.3) is 0 Å². The number of hydrogen-bond donors (Lipinski definition) is 1. The molecule has 120 valence electrons. The molecule has 1 saturated carbocycles. The lowest BCUT2D eigenvalue weighted by atomic mass is 9.98. The van der Waals surface area contributed by atoms with E-state index in [1.807, 2.05) is 0 Å². The minimum atomic E-state index is -3.28. The van der Waals surface area contributed by atoms with Crippen LogP contribution in [0.3, 0.4) is 0 Å². The van der Waals surface area contributed by atoms with Crippen LogP contribution in [0, 0.1) is 11.8 Å². The first-order valence-corrected chi connectivity index (χ1v) is 9.01. The summed E-state index contributed by atoms with van der Waals surface area (Å²) in [5, 5.41) is 2.74. The Labute approximate surface area is 125 Å². The average Bonchev–Trinajstić information content (AvgIpc) is 3.27. The lowest BCUT2D eigenvalue weighted by molar-refractivity contribution is -0.146. The van der Waals surface area contributed by atoms with Crippen LogP contribution < -0.4 is 5.32 Å². The predicted octanol–water partition coefficient (Wildman–Crippen LogP) is -0.274. The fraction of sp³-hybridized carbons (Fsp3) is 0.846. The zero-order valence-corrected chi connectivity index (χ0v) is 13.2. The number of nitrogens with zero attached hydrogens (tertiary/aromatic N) is 1. The number of rotatable bonds is 5. The molecule has 2 aliphatic rings. The first-order chi connectivity index (χ1) is 9.82. The Balaban J connectivity index is 1.97. The van der Waals surface area contributed by atoms with E-state index in [4.69, 9.17) is 4.74 Å². The molecule has 2 rings (SSSR count). The Morgan fingerprint density at radius 3 is 2.48 bits per heavy atom. The summed E-state index contributed by atoms with van der Waals surface area (Å²) < 4.78 is 29.2. The third-order valence-corrected chi connectivity index (χ3v) is 5.34. The molecule has 7 nitrogen and oxygen atoms in total. The fourth-order valence-electron chi connectivity index (χ4n) is 2.65. The minimum Gasteiger partial charge on any atom is -0.467 e. The van der Waals surface area contributed by atoms with E-state index in [0.29, 0.717) is 19.4 Å². The van der Waals surface area contributed by atoms with Gasteiger partial charge in [-0.1, -0.05) is 0 Å². The summed E-state index contributed by atoms with van der Waals surface area (Å²) in [7, 11) is -1.98. The van der Waals surface area contributed by atoms with Crippen LogP contribution in [0.4, 0.5) is 0 Å². The molecule has 1 aliphatic heterocycles. The van der Waals surface area contributed by atoms with E-state index in [-0.39, 0.29) is 18.4 Å². The Morgan fingerprint density at radius 1 is 1.29 bits per heavy atom. The second kappa shape index (κ2) is 6.31. The van der Waals surface area contributed by atoms with Crippen molar-refractivity contribution in [3.63, 3.8) is 0 Å². The van der Waals surface area contributed by atoms with Crippen LogP contribution in [0.25, 0.3) is 0 Å². The topological polar surface area (TPSA) is 92.8 Å². The highest BCUT2D eigenvalue weighted by molar-refractivity contribution is 7.88. The number of esters is 1. The highest BCUT2D eigenvalue weighted by Gasteiger charge is 2.40. The molecule has 1 heterocycles. The second-order valence-electron chi connectivity index (χ2n) is 5.81. The summed E-state index contributed by atoms with van der Waals surface area (Å²) in [6.45, 7) is 0.634. The van der Waals surface area contributed by atoms with E-state index < -0.39 is 28.0 Å². The molecule has 8 heteroatoms. The number of carbonyl (C=O) groups excluding carboxylic acids is 2. The Hall–Kier alpha value is -1.15. The maximum absolute atomic E-state index is 12.3. The van der Waals surface area contributed by atoms with E-state index in [2.05, 4.69) is 5.32 Å². The molecule has 0 aromatic rings. The Kier molecular flexibility index (Phi) is 4.88. The largest absolute Gasteiger partial charge is 0.467 e. The molecule has 21 heavy (non-hydrogen) atoms. The third kappa shape index (κ3) is 4.16. The van der Waals surface area contributed by atoms with Crippen molar-refractivity contribution < 1.29 is 22.7 Å². The van der Waals surface area contributed by atoms with E-state index in [9.17, 15) is 18.0 Å². The normalized spacial score (nSPS) is 25.1. The van der Waals surface area contributed by atoms with E-state index in [1.54, 1.807) is 0 Å². The lowest BCUT2D eigenvalue weighted by Crippen LogP contribution is -2.50. The van der Waals surface area contributed by atoms with Gasteiger partial charge in [-0.25, -0.2) is 17.5 Å². The first kappa shape index (κ1) is 16.2. The van der Waals surface area contributed by atoms with Crippen LogP contribution in [-0.2, 0) is 24.3 Å². The molecule has 1 N–H and O–H groups in total. The molecule has 0 unspecified atom stereocenters. The molecule has 2 fully saturated rings.